The largest absolute Gasteiger partial charge is 0.324 e. The molecule has 2 aromatic rings. The maximum Gasteiger partial charge on any atom is 0.0318 e. The molecular formula is C42H75N3. The van der Waals surface area contributed by atoms with E-state index in [1.807, 2.05) is 96.2 Å². The van der Waals surface area contributed by atoms with Gasteiger partial charge in [0.05, 0.1) is 0 Å². The first-order valence-corrected chi connectivity index (χ1v) is 17.1. The second-order valence-corrected chi connectivity index (χ2v) is 12.5. The topological polar surface area (TPSA) is 78.1 Å². The Morgan fingerprint density at radius 3 is 1.56 bits per heavy atom. The van der Waals surface area contributed by atoms with E-state index in [-0.39, 0.29) is 18.1 Å². The van der Waals surface area contributed by atoms with Crippen LogP contribution in [0.1, 0.15) is 139 Å². The Hall–Kier alpha value is -2.72. The summed E-state index contributed by atoms with van der Waals surface area (Å²) in [5.74, 6) is 0.511. The SMILES string of the molecule is C=C/C=C\C(=C/C)C(N)CCC(=C)C.CC.CC.CC(C)(C)C.CC(C)C(N)c1ccccc1.CCCC(N)c1ccccc1. The summed E-state index contributed by atoms with van der Waals surface area (Å²) >= 11 is 0. The van der Waals surface area contributed by atoms with Crippen molar-refractivity contribution in [3.05, 3.63) is 120 Å². The molecule has 0 amide bonds. The molecule has 0 saturated heterocycles. The van der Waals surface area contributed by atoms with Gasteiger partial charge in [0.2, 0.25) is 0 Å². The van der Waals surface area contributed by atoms with Gasteiger partial charge in [0.25, 0.3) is 0 Å². The molecule has 2 aromatic carbocycles. The zero-order valence-corrected chi connectivity index (χ0v) is 31.9. The van der Waals surface area contributed by atoms with Gasteiger partial charge in [-0.25, -0.2) is 0 Å². The van der Waals surface area contributed by atoms with Crippen LogP contribution in [0.4, 0.5) is 0 Å². The average Bonchev–Trinajstić information content (AvgIpc) is 3.02. The van der Waals surface area contributed by atoms with Gasteiger partial charge in [-0.05, 0) is 61.1 Å². The third kappa shape index (κ3) is 34.0. The van der Waals surface area contributed by atoms with Gasteiger partial charge < -0.3 is 17.2 Å². The molecule has 3 heteroatoms. The van der Waals surface area contributed by atoms with Gasteiger partial charge in [0.15, 0.2) is 0 Å². The normalized spacial score (nSPS) is 12.5. The molecule has 3 nitrogen and oxygen atoms in total. The molecule has 258 valence electrons. The molecule has 0 aliphatic rings. The lowest BCUT2D eigenvalue weighted by atomic mass is 9.97. The number of allylic oxidation sites excluding steroid dienone is 4. The van der Waals surface area contributed by atoms with Gasteiger partial charge in [-0.1, -0.05) is 180 Å². The molecule has 0 radical (unpaired) electrons. The lowest BCUT2D eigenvalue weighted by molar-refractivity contribution is 0.469. The molecule has 6 N–H and O–H groups in total. The first-order chi connectivity index (χ1) is 21.2. The van der Waals surface area contributed by atoms with Crippen LogP contribution >= 0.6 is 0 Å². The van der Waals surface area contributed by atoms with Gasteiger partial charge in [-0.15, -0.1) is 6.58 Å². The molecule has 0 fully saturated rings. The maximum absolute atomic E-state index is 6.02. The molecule has 45 heavy (non-hydrogen) atoms. The number of hydrogen-bond acceptors (Lipinski definition) is 3. The summed E-state index contributed by atoms with van der Waals surface area (Å²) in [5, 5.41) is 0. The molecule has 0 spiro atoms. The van der Waals surface area contributed by atoms with Crippen molar-refractivity contribution in [2.24, 2.45) is 28.5 Å². The maximum atomic E-state index is 6.02. The van der Waals surface area contributed by atoms with Crippen molar-refractivity contribution < 1.29 is 0 Å². The van der Waals surface area contributed by atoms with E-state index in [0.29, 0.717) is 11.3 Å². The molecule has 2 rings (SSSR count). The lowest BCUT2D eigenvalue weighted by Crippen LogP contribution is -2.21. The third-order valence-corrected chi connectivity index (χ3v) is 5.80. The van der Waals surface area contributed by atoms with Gasteiger partial charge >= 0.3 is 0 Å². The molecule has 0 saturated carbocycles. The standard InChI is InChI=1S/C13H21N.2C10H15N.C5H12.2C2H6/c1-5-7-8-12(6-2)13(14)10-9-11(3)4;1-8(2)10(11)9-6-4-3-5-7-9;1-2-6-10(11)9-7-4-3-5-8-9;1-5(2,3)4;2*1-2/h5-8,13H,1,3,9-10,14H2,2,4H3;3-8,10H,11H2,1-2H3;3-5,7-8,10H,2,6,11H2,1H3;1-4H3;2*1-2H3/b8-7-,12-6+;;;;;. The predicted octanol–water partition coefficient (Wildman–Crippen LogP) is 12.3. The van der Waals surface area contributed by atoms with Crippen LogP contribution in [0.3, 0.4) is 0 Å². The molecule has 3 unspecified atom stereocenters. The van der Waals surface area contributed by atoms with E-state index in [0.717, 1.165) is 31.3 Å². The van der Waals surface area contributed by atoms with Crippen LogP contribution < -0.4 is 17.2 Å². The number of hydrogen-bond donors (Lipinski definition) is 3. The fourth-order valence-corrected chi connectivity index (χ4v) is 3.42. The van der Waals surface area contributed by atoms with Gasteiger partial charge in [-0.2, -0.15) is 0 Å². The van der Waals surface area contributed by atoms with Crippen molar-refractivity contribution in [1.82, 2.24) is 0 Å². The summed E-state index contributed by atoms with van der Waals surface area (Å²) in [6.45, 7) is 34.7. The molecule has 0 aliphatic carbocycles. The first-order valence-electron chi connectivity index (χ1n) is 17.1. The molecule has 3 atom stereocenters. The van der Waals surface area contributed by atoms with Gasteiger partial charge in [0, 0.05) is 18.1 Å². The van der Waals surface area contributed by atoms with Crippen LogP contribution in [-0.4, -0.2) is 6.04 Å². The van der Waals surface area contributed by atoms with Crippen LogP contribution in [0.15, 0.2) is 109 Å². The van der Waals surface area contributed by atoms with Crippen LogP contribution in [0.2, 0.25) is 0 Å². The highest BCUT2D eigenvalue weighted by Gasteiger charge is 2.08. The van der Waals surface area contributed by atoms with E-state index in [9.17, 15) is 0 Å². The van der Waals surface area contributed by atoms with E-state index >= 15 is 0 Å². The Kier molecular flexibility index (Phi) is 35.7. The van der Waals surface area contributed by atoms with Crippen molar-refractivity contribution in [2.75, 3.05) is 0 Å². The van der Waals surface area contributed by atoms with Crippen molar-refractivity contribution in [1.29, 1.82) is 0 Å². The van der Waals surface area contributed by atoms with E-state index in [1.54, 1.807) is 6.08 Å². The summed E-state index contributed by atoms with van der Waals surface area (Å²) in [6, 6.07) is 21.0. The van der Waals surface area contributed by atoms with Crippen LogP contribution in [0.5, 0.6) is 0 Å². The highest BCUT2D eigenvalue weighted by atomic mass is 14.6. The summed E-state index contributed by atoms with van der Waals surface area (Å²) in [6.07, 6.45) is 11.9. The molecule has 0 bridgehead atoms. The van der Waals surface area contributed by atoms with Crippen LogP contribution in [-0.2, 0) is 0 Å². The van der Waals surface area contributed by atoms with Crippen molar-refractivity contribution >= 4 is 0 Å². The van der Waals surface area contributed by atoms with Crippen molar-refractivity contribution in [3.8, 4) is 0 Å². The van der Waals surface area contributed by atoms with E-state index in [4.69, 9.17) is 17.2 Å². The van der Waals surface area contributed by atoms with Gasteiger partial charge in [-0.3, -0.25) is 0 Å². The van der Waals surface area contributed by atoms with Crippen LogP contribution in [0, 0.1) is 11.3 Å². The zero-order chi connectivity index (χ0) is 35.8. The summed E-state index contributed by atoms with van der Waals surface area (Å²) < 4.78 is 0. The minimum Gasteiger partial charge on any atom is -0.324 e. The van der Waals surface area contributed by atoms with Crippen LogP contribution in [0.25, 0.3) is 0 Å². The Morgan fingerprint density at radius 2 is 1.22 bits per heavy atom. The monoisotopic (exact) mass is 622 g/mol. The van der Waals surface area contributed by atoms with Crippen molar-refractivity contribution in [3.63, 3.8) is 0 Å². The minimum absolute atomic E-state index is 0.105. The Morgan fingerprint density at radius 1 is 0.800 bits per heavy atom. The third-order valence-electron chi connectivity index (χ3n) is 5.80. The molecule has 0 heterocycles. The zero-order valence-electron chi connectivity index (χ0n) is 31.9. The number of benzene rings is 2. The fourth-order valence-electron chi connectivity index (χ4n) is 3.42. The predicted molar refractivity (Wildman–Crippen MR) is 209 cm³/mol. The Labute approximate surface area is 282 Å². The smallest absolute Gasteiger partial charge is 0.0318 e. The highest BCUT2D eigenvalue weighted by molar-refractivity contribution is 5.26. The molecular weight excluding hydrogens is 546 g/mol. The quantitative estimate of drug-likeness (QED) is 0.172. The fraction of sp³-hybridized carbons (Fsp3) is 0.524. The minimum atomic E-state index is 0.105. The average molecular weight is 622 g/mol. The summed E-state index contributed by atoms with van der Waals surface area (Å²) in [5.41, 5.74) is 23.2. The second-order valence-electron chi connectivity index (χ2n) is 12.5. The number of rotatable bonds is 11. The Bertz CT molecular complexity index is 960. The number of nitrogens with two attached hydrogens (primary N) is 3. The second kappa shape index (κ2) is 32.7. The Balaban J connectivity index is -0.000000249. The van der Waals surface area contributed by atoms with E-state index < -0.39 is 0 Å². The highest BCUT2D eigenvalue weighted by Crippen LogP contribution is 2.17. The first kappa shape index (κ1) is 49.2. The van der Waals surface area contributed by atoms with Gasteiger partial charge in [0.1, 0.15) is 0 Å². The summed E-state index contributed by atoms with van der Waals surface area (Å²) in [4.78, 5) is 0. The molecule has 0 aromatic heterocycles. The summed E-state index contributed by atoms with van der Waals surface area (Å²) in [7, 11) is 0. The van der Waals surface area contributed by atoms with E-state index in [1.165, 1.54) is 16.7 Å². The lowest BCUT2D eigenvalue weighted by Gasteiger charge is -2.15. The van der Waals surface area contributed by atoms with Crippen molar-refractivity contribution in [2.45, 2.75) is 134 Å². The molecule has 0 aliphatic heterocycles. The van der Waals surface area contributed by atoms with E-state index in [2.05, 4.69) is 85.9 Å².